The number of benzene rings is 1. The van der Waals surface area contributed by atoms with E-state index >= 15 is 0 Å². The van der Waals surface area contributed by atoms with E-state index in [1.165, 1.54) is 7.05 Å². The number of hydrogen-bond donors (Lipinski definition) is 0. The molecule has 0 amide bonds. The molecule has 1 aliphatic carbocycles. The van der Waals surface area contributed by atoms with Crippen LogP contribution in [0.4, 0.5) is 18.9 Å². The van der Waals surface area contributed by atoms with Gasteiger partial charge in [0, 0.05) is 43.8 Å². The maximum absolute atomic E-state index is 13.5. The number of ether oxygens (including phenoxy) is 2. The summed E-state index contributed by atoms with van der Waals surface area (Å²) in [5.74, 6) is -0.127. The molecule has 1 unspecified atom stereocenters. The standard InChI is InChI=1S/C22H27F3N2O3/c1-4-5-17(22(23,24)25)18(26-2)11-15-10-14-12-19(27-6-8-30-9-7-27)20(29-3)13-16(14)21(15)28/h5,12-13,15H,4,6-11H2,1-3H3/b17-5+,26-18?. The van der Waals surface area contributed by atoms with Crippen molar-refractivity contribution in [1.29, 1.82) is 0 Å². The Hall–Kier alpha value is -2.35. The number of Topliss-reactive ketones (excluding diaryl/α,β-unsaturated/α-hetero) is 1. The lowest BCUT2D eigenvalue weighted by atomic mass is 9.93. The minimum Gasteiger partial charge on any atom is -0.495 e. The van der Waals surface area contributed by atoms with Crippen LogP contribution in [0.25, 0.3) is 0 Å². The van der Waals surface area contributed by atoms with E-state index in [-0.39, 0.29) is 24.3 Å². The summed E-state index contributed by atoms with van der Waals surface area (Å²) in [5, 5.41) is 0. The fraction of sp³-hybridized carbons (Fsp3) is 0.545. The first-order valence-electron chi connectivity index (χ1n) is 10.1. The highest BCUT2D eigenvalue weighted by atomic mass is 19.4. The molecular weight excluding hydrogens is 397 g/mol. The van der Waals surface area contributed by atoms with Gasteiger partial charge in [-0.05, 0) is 30.5 Å². The Morgan fingerprint density at radius 1 is 1.33 bits per heavy atom. The number of hydrogen-bond acceptors (Lipinski definition) is 5. The fourth-order valence-electron chi connectivity index (χ4n) is 4.12. The highest BCUT2D eigenvalue weighted by Crippen LogP contribution is 2.39. The topological polar surface area (TPSA) is 51.1 Å². The van der Waals surface area contributed by atoms with Crippen LogP contribution in [0.1, 0.15) is 35.7 Å². The fourth-order valence-corrected chi connectivity index (χ4v) is 4.12. The zero-order valence-corrected chi connectivity index (χ0v) is 17.5. The summed E-state index contributed by atoms with van der Waals surface area (Å²) >= 11 is 0. The molecule has 1 heterocycles. The van der Waals surface area contributed by atoms with Gasteiger partial charge in [0.15, 0.2) is 5.78 Å². The van der Waals surface area contributed by atoms with Gasteiger partial charge in [-0.3, -0.25) is 9.79 Å². The molecule has 8 heteroatoms. The Morgan fingerprint density at radius 3 is 2.60 bits per heavy atom. The number of aliphatic imine (C=N–C) groups is 1. The van der Waals surface area contributed by atoms with Crippen molar-refractivity contribution < 1.29 is 27.4 Å². The molecule has 1 fully saturated rings. The van der Waals surface area contributed by atoms with Crippen LogP contribution in [0.5, 0.6) is 5.75 Å². The van der Waals surface area contributed by atoms with Gasteiger partial charge in [0.2, 0.25) is 0 Å². The Kier molecular flexibility index (Phi) is 6.85. The summed E-state index contributed by atoms with van der Waals surface area (Å²) in [6, 6.07) is 3.66. The van der Waals surface area contributed by atoms with Crippen LogP contribution in [-0.4, -0.2) is 58.1 Å². The lowest BCUT2D eigenvalue weighted by Crippen LogP contribution is -2.36. The summed E-state index contributed by atoms with van der Waals surface area (Å²) in [6.07, 6.45) is -2.76. The summed E-state index contributed by atoms with van der Waals surface area (Å²) < 4.78 is 51.3. The molecule has 0 N–H and O–H groups in total. The summed E-state index contributed by atoms with van der Waals surface area (Å²) in [5.41, 5.74) is 1.44. The third-order valence-electron chi connectivity index (χ3n) is 5.59. The smallest absolute Gasteiger partial charge is 0.417 e. The lowest BCUT2D eigenvalue weighted by Gasteiger charge is -2.30. The van der Waals surface area contributed by atoms with Gasteiger partial charge in [-0.2, -0.15) is 13.2 Å². The van der Waals surface area contributed by atoms with Gasteiger partial charge in [0.05, 0.1) is 31.6 Å². The normalized spacial score (nSPS) is 20.5. The van der Waals surface area contributed by atoms with Gasteiger partial charge in [0.25, 0.3) is 0 Å². The van der Waals surface area contributed by atoms with Crippen LogP contribution in [0.2, 0.25) is 0 Å². The number of nitrogens with zero attached hydrogens (tertiary/aromatic N) is 2. The van der Waals surface area contributed by atoms with Crippen LogP contribution in [0.3, 0.4) is 0 Å². The molecule has 1 aromatic rings. The van der Waals surface area contributed by atoms with Crippen molar-refractivity contribution in [2.75, 3.05) is 45.4 Å². The van der Waals surface area contributed by atoms with Crippen LogP contribution in [0.15, 0.2) is 28.8 Å². The van der Waals surface area contributed by atoms with E-state index in [0.29, 0.717) is 30.9 Å². The zero-order chi connectivity index (χ0) is 21.9. The van der Waals surface area contributed by atoms with Crippen molar-refractivity contribution >= 4 is 17.2 Å². The Morgan fingerprint density at radius 2 is 2.03 bits per heavy atom. The molecule has 1 aromatic carbocycles. The van der Waals surface area contributed by atoms with Crippen molar-refractivity contribution in [3.05, 3.63) is 34.9 Å². The van der Waals surface area contributed by atoms with E-state index in [2.05, 4.69) is 9.89 Å². The van der Waals surface area contributed by atoms with E-state index in [1.807, 2.05) is 6.07 Å². The predicted octanol–water partition coefficient (Wildman–Crippen LogP) is 4.25. The average Bonchev–Trinajstić information content (AvgIpc) is 3.04. The first-order valence-corrected chi connectivity index (χ1v) is 10.1. The number of carbonyl (C=O) groups excluding carboxylic acids is 1. The second-order valence-corrected chi connectivity index (χ2v) is 7.44. The summed E-state index contributed by atoms with van der Waals surface area (Å²) in [7, 11) is 2.90. The molecule has 0 spiro atoms. The van der Waals surface area contributed by atoms with Gasteiger partial charge >= 0.3 is 6.18 Å². The number of morpholine rings is 1. The molecule has 2 aliphatic rings. The Bertz CT molecular complexity index is 856. The monoisotopic (exact) mass is 424 g/mol. The largest absolute Gasteiger partial charge is 0.495 e. The molecule has 3 rings (SSSR count). The van der Waals surface area contributed by atoms with E-state index < -0.39 is 17.7 Å². The molecule has 164 valence electrons. The number of anilines is 1. The van der Waals surface area contributed by atoms with Crippen molar-refractivity contribution in [3.63, 3.8) is 0 Å². The number of alkyl halides is 3. The van der Waals surface area contributed by atoms with Crippen LogP contribution in [0, 0.1) is 5.92 Å². The molecule has 30 heavy (non-hydrogen) atoms. The van der Waals surface area contributed by atoms with E-state index in [9.17, 15) is 18.0 Å². The Labute approximate surface area is 174 Å². The molecule has 1 atom stereocenters. The predicted molar refractivity (Wildman–Crippen MR) is 110 cm³/mol. The van der Waals surface area contributed by atoms with Gasteiger partial charge in [-0.25, -0.2) is 0 Å². The van der Waals surface area contributed by atoms with Crippen molar-refractivity contribution in [3.8, 4) is 5.75 Å². The third-order valence-corrected chi connectivity index (χ3v) is 5.59. The number of carbonyl (C=O) groups is 1. The van der Waals surface area contributed by atoms with Crippen LogP contribution < -0.4 is 9.64 Å². The highest BCUT2D eigenvalue weighted by molar-refractivity contribution is 6.08. The minimum absolute atomic E-state index is 0.0371. The minimum atomic E-state index is -4.49. The van der Waals surface area contributed by atoms with Crippen LogP contribution >= 0.6 is 0 Å². The van der Waals surface area contributed by atoms with Gasteiger partial charge in [0.1, 0.15) is 5.75 Å². The van der Waals surface area contributed by atoms with Crippen LogP contribution in [-0.2, 0) is 11.2 Å². The van der Waals surface area contributed by atoms with E-state index in [0.717, 1.165) is 30.4 Å². The lowest BCUT2D eigenvalue weighted by molar-refractivity contribution is -0.0865. The molecule has 5 nitrogen and oxygen atoms in total. The second-order valence-electron chi connectivity index (χ2n) is 7.44. The third kappa shape index (κ3) is 4.53. The van der Waals surface area contributed by atoms with Gasteiger partial charge in [-0.15, -0.1) is 0 Å². The molecule has 1 aliphatic heterocycles. The van der Waals surface area contributed by atoms with Crippen molar-refractivity contribution in [2.45, 2.75) is 32.4 Å². The molecule has 0 aromatic heterocycles. The molecular formula is C22H27F3N2O3. The number of fused-ring (bicyclic) bond motifs is 1. The maximum Gasteiger partial charge on any atom is 0.417 e. The quantitative estimate of drug-likeness (QED) is 0.641. The van der Waals surface area contributed by atoms with Crippen molar-refractivity contribution in [1.82, 2.24) is 0 Å². The molecule has 1 saturated heterocycles. The maximum atomic E-state index is 13.5. The average molecular weight is 424 g/mol. The summed E-state index contributed by atoms with van der Waals surface area (Å²) in [6.45, 7) is 4.31. The Balaban J connectivity index is 1.87. The first kappa shape index (κ1) is 22.3. The molecule has 0 bridgehead atoms. The number of methoxy groups -OCH3 is 1. The number of rotatable bonds is 6. The molecule has 0 radical (unpaired) electrons. The summed E-state index contributed by atoms with van der Waals surface area (Å²) in [4.78, 5) is 19.0. The van der Waals surface area contributed by atoms with E-state index in [1.54, 1.807) is 20.1 Å². The zero-order valence-electron chi connectivity index (χ0n) is 17.5. The number of halogens is 3. The first-order chi connectivity index (χ1) is 14.3. The van der Waals surface area contributed by atoms with Crippen molar-refractivity contribution in [2.24, 2.45) is 10.9 Å². The van der Waals surface area contributed by atoms with E-state index in [4.69, 9.17) is 9.47 Å². The second kappa shape index (κ2) is 9.20. The van der Waals surface area contributed by atoms with Gasteiger partial charge < -0.3 is 14.4 Å². The van der Waals surface area contributed by atoms with Gasteiger partial charge in [-0.1, -0.05) is 13.0 Å². The number of allylic oxidation sites excluding steroid dienone is 2. The SMILES string of the molecule is CC/C=C(\C(CC1Cc2cc(N3CCOCC3)c(OC)cc2C1=O)=NC)C(F)(F)F. The molecule has 0 saturated carbocycles. The highest BCUT2D eigenvalue weighted by Gasteiger charge is 2.39. The number of ketones is 1.